The smallest absolute Gasteiger partial charge is 0 e. The van der Waals surface area contributed by atoms with E-state index in [0.717, 1.165) is 0 Å². The predicted octanol–water partition coefficient (Wildman–Crippen LogP) is 5.49. The third kappa shape index (κ3) is 4.40. The number of hydrogen-bond donors (Lipinski definition) is 0. The van der Waals surface area contributed by atoms with Crippen molar-refractivity contribution in [2.75, 3.05) is 0 Å². The zero-order valence-electron chi connectivity index (χ0n) is 10.1. The molecule has 0 N–H and O–H groups in total. The summed E-state index contributed by atoms with van der Waals surface area (Å²) in [5.74, 6) is 0. The number of halogens is 3. The van der Waals surface area contributed by atoms with E-state index in [9.17, 15) is 0 Å². The van der Waals surface area contributed by atoms with Crippen molar-refractivity contribution < 1.29 is 26.2 Å². The van der Waals surface area contributed by atoms with E-state index < -0.39 is 0 Å². The zero-order valence-corrected chi connectivity index (χ0v) is 15.0. The molecule has 0 unspecified atom stereocenters. The summed E-state index contributed by atoms with van der Waals surface area (Å²) in [6.45, 7) is 0. The van der Waals surface area contributed by atoms with Crippen molar-refractivity contribution in [2.24, 2.45) is 0 Å². The molecule has 100 valence electrons. The second-order valence-electron chi connectivity index (χ2n) is 3.70. The molecule has 0 fully saturated rings. The molecule has 3 rings (SSSR count). The summed E-state index contributed by atoms with van der Waals surface area (Å²) in [5.41, 5.74) is 2.62. The van der Waals surface area contributed by atoms with Crippen LogP contribution in [-0.2, 0) is 26.2 Å². The van der Waals surface area contributed by atoms with Gasteiger partial charge in [0, 0.05) is 26.2 Å². The van der Waals surface area contributed by atoms with E-state index in [1.165, 1.54) is 21.9 Å². The molecule has 0 amide bonds. The first kappa shape index (κ1) is 21.1. The molecule has 0 aliphatic heterocycles. The summed E-state index contributed by atoms with van der Waals surface area (Å²) in [6, 6.07) is 23.4. The van der Waals surface area contributed by atoms with Gasteiger partial charge in [0.05, 0.1) is 0 Å². The maximum Gasteiger partial charge on any atom is 0 e. The molecule has 3 aromatic rings. The third-order valence-electron chi connectivity index (χ3n) is 2.77. The van der Waals surface area contributed by atoms with Gasteiger partial charge in [0.1, 0.15) is 0 Å². The standard InChI is InChI=1S/C15H11.3ClH.Zr/c1-2-6-12(7-3-1)15-11-10-13-8-4-5-9-14(13)15;;;;/h1-11H;3*1H;/q-1;;;;. The van der Waals surface area contributed by atoms with Crippen LogP contribution in [0.25, 0.3) is 21.9 Å². The van der Waals surface area contributed by atoms with Crippen LogP contribution in [0.1, 0.15) is 0 Å². The van der Waals surface area contributed by atoms with Gasteiger partial charge in [0.15, 0.2) is 0 Å². The fraction of sp³-hybridized carbons (Fsp3) is 0. The number of benzene rings is 2. The van der Waals surface area contributed by atoms with Crippen LogP contribution in [0, 0.1) is 0 Å². The summed E-state index contributed by atoms with van der Waals surface area (Å²) >= 11 is 0. The van der Waals surface area contributed by atoms with E-state index in [0.29, 0.717) is 0 Å². The summed E-state index contributed by atoms with van der Waals surface area (Å²) in [5, 5.41) is 2.65. The first-order chi connectivity index (χ1) is 7.45. The summed E-state index contributed by atoms with van der Waals surface area (Å²) in [4.78, 5) is 0. The van der Waals surface area contributed by atoms with Crippen LogP contribution in [0.4, 0.5) is 0 Å². The molecule has 3 aromatic carbocycles. The number of hydrogen-bond acceptors (Lipinski definition) is 0. The zero-order chi connectivity index (χ0) is 10.1. The normalized spacial score (nSPS) is 8.42. The number of rotatable bonds is 1. The van der Waals surface area contributed by atoms with Crippen LogP contribution in [-0.4, -0.2) is 0 Å². The van der Waals surface area contributed by atoms with Crippen molar-refractivity contribution in [3.63, 3.8) is 0 Å². The Hall–Kier alpha value is -0.197. The fourth-order valence-corrected chi connectivity index (χ4v) is 2.02. The molecule has 0 aliphatic rings. The summed E-state index contributed by atoms with van der Waals surface area (Å²) < 4.78 is 0. The van der Waals surface area contributed by atoms with Gasteiger partial charge < -0.3 is 0 Å². The van der Waals surface area contributed by atoms with E-state index >= 15 is 0 Å². The van der Waals surface area contributed by atoms with E-state index in [-0.39, 0.29) is 63.4 Å². The molecule has 0 heterocycles. The van der Waals surface area contributed by atoms with Gasteiger partial charge in [-0.2, -0.15) is 0 Å². The molecule has 0 saturated carbocycles. The first-order valence-corrected chi connectivity index (χ1v) is 5.15. The molecular formula is C15H14Cl3Zr-. The Kier molecular flexibility index (Phi) is 10.7. The van der Waals surface area contributed by atoms with E-state index in [2.05, 4.69) is 66.7 Å². The van der Waals surface area contributed by atoms with E-state index in [1.54, 1.807) is 0 Å². The van der Waals surface area contributed by atoms with Crippen molar-refractivity contribution in [2.45, 2.75) is 0 Å². The molecular weight excluding hydrogens is 378 g/mol. The maximum atomic E-state index is 2.19. The van der Waals surface area contributed by atoms with Gasteiger partial charge in [-0.1, -0.05) is 52.7 Å². The molecule has 0 saturated heterocycles. The third-order valence-corrected chi connectivity index (χ3v) is 2.77. The second-order valence-corrected chi connectivity index (χ2v) is 3.70. The monoisotopic (exact) mass is 389 g/mol. The van der Waals surface area contributed by atoms with Gasteiger partial charge in [-0.25, -0.2) is 0 Å². The molecule has 0 spiro atoms. The molecule has 0 bridgehead atoms. The van der Waals surface area contributed by atoms with Gasteiger partial charge in [-0.3, -0.25) is 0 Å². The average Bonchev–Trinajstić information content (AvgIpc) is 2.74. The van der Waals surface area contributed by atoms with Gasteiger partial charge in [0.25, 0.3) is 0 Å². The number of fused-ring (bicyclic) bond motifs is 1. The molecule has 0 aromatic heterocycles. The molecule has 0 nitrogen and oxygen atoms in total. The minimum absolute atomic E-state index is 0. The van der Waals surface area contributed by atoms with Gasteiger partial charge in [-0.05, 0) is 0 Å². The van der Waals surface area contributed by atoms with E-state index in [1.807, 2.05) is 0 Å². The topological polar surface area (TPSA) is 0 Å². The van der Waals surface area contributed by atoms with Crippen LogP contribution < -0.4 is 0 Å². The Labute approximate surface area is 151 Å². The van der Waals surface area contributed by atoms with Crippen LogP contribution in [0.3, 0.4) is 0 Å². The second kappa shape index (κ2) is 9.67. The molecule has 0 atom stereocenters. The van der Waals surface area contributed by atoms with Crippen molar-refractivity contribution >= 4 is 48.0 Å². The predicted molar refractivity (Wildman–Crippen MR) is 86.7 cm³/mol. The van der Waals surface area contributed by atoms with Crippen molar-refractivity contribution in [3.8, 4) is 11.1 Å². The summed E-state index contributed by atoms with van der Waals surface area (Å²) in [7, 11) is 0. The summed E-state index contributed by atoms with van der Waals surface area (Å²) in [6.07, 6.45) is 0. The molecule has 0 radical (unpaired) electrons. The van der Waals surface area contributed by atoms with Gasteiger partial charge in [-0.15, -0.1) is 73.1 Å². The average molecular weight is 392 g/mol. The maximum absolute atomic E-state index is 2.19. The Balaban J connectivity index is 0. The Morgan fingerprint density at radius 3 is 1.89 bits per heavy atom. The molecule has 0 aliphatic carbocycles. The van der Waals surface area contributed by atoms with Gasteiger partial charge in [0.2, 0.25) is 0 Å². The van der Waals surface area contributed by atoms with Gasteiger partial charge >= 0.3 is 0 Å². The quantitative estimate of drug-likeness (QED) is 0.481. The Bertz CT molecular complexity index is 590. The first-order valence-electron chi connectivity index (χ1n) is 5.15. The Morgan fingerprint density at radius 2 is 1.21 bits per heavy atom. The van der Waals surface area contributed by atoms with Crippen LogP contribution in [0.5, 0.6) is 0 Å². The fourth-order valence-electron chi connectivity index (χ4n) is 2.02. The minimum atomic E-state index is 0. The molecule has 4 heteroatoms. The SMILES string of the molecule is Cl.Cl.Cl.[Zr].c1ccc(-[c-]2ccc3ccccc32)cc1. The Morgan fingerprint density at radius 1 is 0.632 bits per heavy atom. The van der Waals surface area contributed by atoms with Crippen molar-refractivity contribution in [1.82, 2.24) is 0 Å². The van der Waals surface area contributed by atoms with Crippen LogP contribution >= 0.6 is 37.2 Å². The van der Waals surface area contributed by atoms with Crippen LogP contribution in [0.15, 0.2) is 66.7 Å². The van der Waals surface area contributed by atoms with Crippen LogP contribution in [0.2, 0.25) is 0 Å². The largest absolute Gasteiger partial charge is 0.147 e. The van der Waals surface area contributed by atoms with E-state index in [4.69, 9.17) is 0 Å². The molecule has 19 heavy (non-hydrogen) atoms. The van der Waals surface area contributed by atoms with Crippen molar-refractivity contribution in [3.05, 3.63) is 66.7 Å². The minimum Gasteiger partial charge on any atom is -0.147 e. The van der Waals surface area contributed by atoms with Crippen molar-refractivity contribution in [1.29, 1.82) is 0 Å².